The summed E-state index contributed by atoms with van der Waals surface area (Å²) in [5.41, 5.74) is -7.41. The number of hydrogen-bond acceptors (Lipinski definition) is 16. The Morgan fingerprint density at radius 2 is 1.45 bits per heavy atom. The number of rotatable bonds is 12. The van der Waals surface area contributed by atoms with Crippen molar-refractivity contribution >= 4 is 35.6 Å². The first-order valence-corrected chi connectivity index (χ1v) is 21.5. The summed E-state index contributed by atoms with van der Waals surface area (Å²) in [6.07, 6.45) is -10.8. The first-order valence-electron chi connectivity index (χ1n) is 21.5. The number of fused-ring (bicyclic) bond motifs is 5. The van der Waals surface area contributed by atoms with E-state index in [1.807, 2.05) is 0 Å². The molecule has 17 nitrogen and oxygen atoms in total. The van der Waals surface area contributed by atoms with E-state index in [1.54, 1.807) is 50.2 Å². The molecule has 9 unspecified atom stereocenters. The maximum atomic E-state index is 15.6. The summed E-state index contributed by atoms with van der Waals surface area (Å²) >= 11 is 0. The van der Waals surface area contributed by atoms with Crippen LogP contribution in [0.2, 0.25) is 0 Å². The van der Waals surface area contributed by atoms with Gasteiger partial charge in [-0.1, -0.05) is 56.3 Å². The summed E-state index contributed by atoms with van der Waals surface area (Å²) in [5.74, 6) is -6.51. The van der Waals surface area contributed by atoms with Crippen LogP contribution in [0, 0.1) is 16.7 Å². The summed E-state index contributed by atoms with van der Waals surface area (Å²) in [4.78, 5) is 84.2. The molecule has 1 saturated heterocycles. The van der Waals surface area contributed by atoms with Gasteiger partial charge in [0, 0.05) is 37.7 Å². The topological polar surface area (TPSA) is 240 Å². The van der Waals surface area contributed by atoms with Crippen molar-refractivity contribution in [1.29, 1.82) is 0 Å². The van der Waals surface area contributed by atoms with Crippen LogP contribution in [0.4, 0.5) is 0 Å². The van der Waals surface area contributed by atoms with Crippen LogP contribution in [-0.2, 0) is 42.9 Å². The number of amides is 1. The Morgan fingerprint density at radius 3 is 2.02 bits per heavy atom. The van der Waals surface area contributed by atoms with Gasteiger partial charge in [0.15, 0.2) is 35.1 Å². The van der Waals surface area contributed by atoms with Gasteiger partial charge < -0.3 is 53.8 Å². The van der Waals surface area contributed by atoms with E-state index in [4.69, 9.17) is 33.2 Å². The number of hydrogen-bond donors (Lipinski definition) is 4. The molecule has 3 fully saturated rings. The van der Waals surface area contributed by atoms with Gasteiger partial charge in [-0.2, -0.15) is 0 Å². The van der Waals surface area contributed by atoms with Crippen molar-refractivity contribution in [1.82, 2.24) is 5.32 Å². The molecule has 352 valence electrons. The minimum Gasteiger partial charge on any atom is -0.493 e. The monoisotopic (exact) mass is 913 g/mol. The van der Waals surface area contributed by atoms with Crippen LogP contribution < -0.4 is 14.8 Å². The Balaban J connectivity index is 1.39. The van der Waals surface area contributed by atoms with Gasteiger partial charge in [0.1, 0.15) is 23.9 Å². The Morgan fingerprint density at radius 1 is 0.833 bits per heavy atom. The second kappa shape index (κ2) is 17.9. The zero-order valence-corrected chi connectivity index (χ0v) is 37.9. The van der Waals surface area contributed by atoms with Crippen molar-refractivity contribution in [3.05, 3.63) is 107 Å². The minimum atomic E-state index is -2.43. The molecule has 3 aromatic rings. The van der Waals surface area contributed by atoms with Crippen LogP contribution >= 0.6 is 0 Å². The van der Waals surface area contributed by atoms with Gasteiger partial charge in [0.2, 0.25) is 0 Å². The molecule has 11 atom stereocenters. The molecule has 4 aliphatic rings. The zero-order valence-electron chi connectivity index (χ0n) is 37.9. The third-order valence-corrected chi connectivity index (χ3v) is 14.1. The SMILES string of the molecule is COc1ccc(C(NC(=O)c2ccccc2)C(O)C(=O)OC2CC3(O)C(OC(=O)c4ccccc4)C4[C@]5(OC(C)=O)COC5CC(O)[C@@]4(C)C(=O)C(OC(C)=O)C(=C2C)C3(C)C)cc1OC. The fourth-order valence-corrected chi connectivity index (χ4v) is 10.6. The Hall–Kier alpha value is -6.14. The maximum absolute atomic E-state index is 15.6. The van der Waals surface area contributed by atoms with Gasteiger partial charge >= 0.3 is 23.9 Å². The zero-order chi connectivity index (χ0) is 48.1. The molecule has 1 aliphatic heterocycles. The predicted molar refractivity (Wildman–Crippen MR) is 231 cm³/mol. The van der Waals surface area contributed by atoms with Gasteiger partial charge in [-0.15, -0.1) is 0 Å². The van der Waals surface area contributed by atoms with Crippen molar-refractivity contribution in [2.45, 2.75) is 108 Å². The normalized spacial score (nSPS) is 30.6. The van der Waals surface area contributed by atoms with E-state index in [0.29, 0.717) is 5.75 Å². The molecular weight excluding hydrogens is 859 g/mol. The number of carbonyl (C=O) groups excluding carboxylic acids is 6. The summed E-state index contributed by atoms with van der Waals surface area (Å²) in [5, 5.41) is 40.6. The highest BCUT2D eigenvalue weighted by Crippen LogP contribution is 2.64. The lowest BCUT2D eigenvalue weighted by atomic mass is 9.44. The van der Waals surface area contributed by atoms with Gasteiger partial charge in [-0.25, -0.2) is 9.59 Å². The second-order valence-electron chi connectivity index (χ2n) is 18.1. The van der Waals surface area contributed by atoms with Crippen LogP contribution in [0.15, 0.2) is 90.0 Å². The average Bonchev–Trinajstić information content (AvgIpc) is 3.28. The average molecular weight is 914 g/mol. The first kappa shape index (κ1) is 47.8. The van der Waals surface area contributed by atoms with Crippen molar-refractivity contribution < 1.29 is 77.2 Å². The Kier molecular flexibility index (Phi) is 13.0. The summed E-state index contributed by atoms with van der Waals surface area (Å²) < 4.78 is 41.2. The van der Waals surface area contributed by atoms with E-state index in [9.17, 15) is 39.3 Å². The van der Waals surface area contributed by atoms with Crippen LogP contribution in [0.25, 0.3) is 0 Å². The van der Waals surface area contributed by atoms with Crippen molar-refractivity contribution in [2.24, 2.45) is 16.7 Å². The first-order chi connectivity index (χ1) is 31.2. The molecule has 4 N–H and O–H groups in total. The van der Waals surface area contributed by atoms with Crippen LogP contribution in [0.3, 0.4) is 0 Å². The standard InChI is InChI=1S/C49H55NO16/c1-25-33(64-45(58)38(54)37(50-43(56)28-15-11-9-12-16-28)30-19-20-31(60-7)32(21-30)61-8)23-49(59)42(65-44(57)29-17-13-10-14-18-29)40-47(6,34(53)22-35-48(40,24-62-35)66-27(3)52)41(55)39(63-26(2)51)36(25)46(49,4)5/h9-21,33-35,37-40,42,53-54,59H,22-24H2,1-8H3,(H,50,56)/t33?,34?,35?,37?,38?,39?,40?,42?,47-,48+,49?/m1/s1. The minimum absolute atomic E-state index is 0.0290. The lowest BCUT2D eigenvalue weighted by Gasteiger charge is -2.67. The number of ketones is 1. The van der Waals surface area contributed by atoms with Gasteiger partial charge in [0.05, 0.1) is 49.9 Å². The number of aliphatic hydroxyl groups excluding tert-OH is 2. The fourth-order valence-electron chi connectivity index (χ4n) is 10.6. The number of nitrogens with one attached hydrogen (secondary N) is 1. The molecule has 0 radical (unpaired) electrons. The van der Waals surface area contributed by atoms with Crippen LogP contribution in [0.5, 0.6) is 11.5 Å². The number of carbonyl (C=O) groups is 6. The largest absolute Gasteiger partial charge is 0.493 e. The smallest absolute Gasteiger partial charge is 0.338 e. The van der Waals surface area contributed by atoms with Crippen LogP contribution in [-0.4, -0.2) is 120 Å². The number of Topliss-reactive ketones (excluding diaryl/α,β-unsaturated/α-hetero) is 1. The summed E-state index contributed by atoms with van der Waals surface area (Å²) in [7, 11) is 2.81. The Labute approximate surface area is 381 Å². The highest BCUT2D eigenvalue weighted by Gasteiger charge is 2.78. The van der Waals surface area contributed by atoms with Crippen molar-refractivity contribution in [3.63, 3.8) is 0 Å². The summed E-state index contributed by atoms with van der Waals surface area (Å²) in [6.45, 7) is 7.89. The van der Waals surface area contributed by atoms with Crippen molar-refractivity contribution in [2.75, 3.05) is 20.8 Å². The quantitative estimate of drug-likeness (QED) is 0.115. The number of benzene rings is 3. The van der Waals surface area contributed by atoms with E-state index in [0.717, 1.165) is 13.8 Å². The molecule has 1 heterocycles. The molecular formula is C49H55NO16. The third kappa shape index (κ3) is 7.90. The predicted octanol–water partition coefficient (Wildman–Crippen LogP) is 3.75. The second-order valence-corrected chi connectivity index (χ2v) is 18.1. The number of methoxy groups -OCH3 is 2. The fraction of sp³-hybridized carbons (Fsp3) is 0.469. The molecule has 2 bridgehead atoms. The van der Waals surface area contributed by atoms with Gasteiger partial charge in [-0.05, 0) is 67.0 Å². The number of esters is 4. The van der Waals surface area contributed by atoms with E-state index in [1.165, 1.54) is 70.5 Å². The van der Waals surface area contributed by atoms with E-state index in [2.05, 4.69) is 5.32 Å². The lowest BCUT2D eigenvalue weighted by Crippen LogP contribution is -2.82. The molecule has 66 heavy (non-hydrogen) atoms. The van der Waals surface area contributed by atoms with Gasteiger partial charge in [0.25, 0.3) is 5.91 Å². The molecule has 0 spiro atoms. The Bertz CT molecular complexity index is 2440. The van der Waals surface area contributed by atoms with Crippen LogP contribution in [0.1, 0.15) is 86.7 Å². The number of ether oxygens (including phenoxy) is 7. The molecule has 7 rings (SSSR count). The lowest BCUT2D eigenvalue weighted by molar-refractivity contribution is -0.346. The molecule has 1 amide bonds. The highest BCUT2D eigenvalue weighted by atomic mass is 16.6. The van der Waals surface area contributed by atoms with Crippen molar-refractivity contribution in [3.8, 4) is 11.5 Å². The van der Waals surface area contributed by atoms with E-state index in [-0.39, 0.29) is 46.6 Å². The maximum Gasteiger partial charge on any atom is 0.338 e. The molecule has 17 heteroatoms. The molecule has 0 aromatic heterocycles. The molecule has 3 aliphatic carbocycles. The number of aliphatic hydroxyl groups is 3. The third-order valence-electron chi connectivity index (χ3n) is 14.1. The molecule has 3 aromatic carbocycles. The van der Waals surface area contributed by atoms with E-state index < -0.39 is 113 Å². The van der Waals surface area contributed by atoms with Gasteiger partial charge in [-0.3, -0.25) is 19.2 Å². The summed E-state index contributed by atoms with van der Waals surface area (Å²) in [6, 6.07) is 18.9. The van der Waals surface area contributed by atoms with E-state index >= 15 is 4.79 Å². The molecule has 2 saturated carbocycles. The highest BCUT2D eigenvalue weighted by molar-refractivity contribution is 5.96.